The maximum absolute atomic E-state index is 2.72. The summed E-state index contributed by atoms with van der Waals surface area (Å²) in [4.78, 5) is 2.72. The van der Waals surface area contributed by atoms with E-state index in [9.17, 15) is 0 Å². The maximum atomic E-state index is 2.72. The lowest BCUT2D eigenvalue weighted by molar-refractivity contribution is 0.137. The van der Waals surface area contributed by atoms with Crippen molar-refractivity contribution in [2.24, 2.45) is 11.8 Å². The van der Waals surface area contributed by atoms with E-state index >= 15 is 0 Å². The molecule has 1 aliphatic carbocycles. The minimum atomic E-state index is 0.449. The fraction of sp³-hybridized carbons (Fsp3) is 1.00. The molecule has 0 aromatic rings. The Morgan fingerprint density at radius 2 is 1.69 bits per heavy atom. The Labute approximate surface area is 82.5 Å². The summed E-state index contributed by atoms with van der Waals surface area (Å²) in [5.74, 6) is 2.09. The highest BCUT2D eigenvalue weighted by molar-refractivity contribution is 4.94. The molecule has 0 N–H and O–H groups in total. The summed E-state index contributed by atoms with van der Waals surface area (Å²) < 4.78 is 0. The largest absolute Gasteiger partial charge is 0.298 e. The van der Waals surface area contributed by atoms with Gasteiger partial charge in [0.25, 0.3) is 0 Å². The summed E-state index contributed by atoms with van der Waals surface area (Å²) in [6.45, 7) is 9.87. The first-order valence-corrected chi connectivity index (χ1v) is 5.88. The molecule has 0 bridgehead atoms. The van der Waals surface area contributed by atoms with Gasteiger partial charge in [-0.25, -0.2) is 0 Å². The number of nitrogens with zero attached hydrogens (tertiary/aromatic N) is 1. The van der Waals surface area contributed by atoms with Gasteiger partial charge in [0.05, 0.1) is 0 Å². The lowest BCUT2D eigenvalue weighted by atomic mass is 9.99. The van der Waals surface area contributed by atoms with Crippen LogP contribution in [0.4, 0.5) is 0 Å². The van der Waals surface area contributed by atoms with E-state index in [0.717, 1.165) is 11.8 Å². The molecule has 0 spiro atoms. The molecular weight excluding hydrogens is 158 g/mol. The van der Waals surface area contributed by atoms with E-state index in [4.69, 9.17) is 0 Å². The predicted octanol–water partition coefficient (Wildman–Crippen LogP) is 2.91. The van der Waals surface area contributed by atoms with Gasteiger partial charge < -0.3 is 0 Å². The summed E-state index contributed by atoms with van der Waals surface area (Å²) in [5.41, 5.74) is 0.449. The minimum absolute atomic E-state index is 0.449. The minimum Gasteiger partial charge on any atom is -0.298 e. The van der Waals surface area contributed by atoms with Gasteiger partial charge in [-0.2, -0.15) is 0 Å². The summed E-state index contributed by atoms with van der Waals surface area (Å²) >= 11 is 0. The third-order valence-electron chi connectivity index (χ3n) is 4.45. The monoisotopic (exact) mass is 181 g/mol. The Hall–Kier alpha value is -0.0400. The topological polar surface area (TPSA) is 3.24 Å². The van der Waals surface area contributed by atoms with E-state index in [1.165, 1.54) is 38.8 Å². The molecule has 2 atom stereocenters. The first kappa shape index (κ1) is 9.51. The quantitative estimate of drug-likeness (QED) is 0.633. The van der Waals surface area contributed by atoms with Crippen molar-refractivity contribution < 1.29 is 0 Å². The van der Waals surface area contributed by atoms with Crippen LogP contribution in [0.15, 0.2) is 0 Å². The van der Waals surface area contributed by atoms with Crippen molar-refractivity contribution in [2.45, 2.75) is 52.0 Å². The SMILES string of the molecule is CCC(C)(C)N1CC2CCCC2C1. The van der Waals surface area contributed by atoms with Gasteiger partial charge in [0.2, 0.25) is 0 Å². The second-order valence-corrected chi connectivity index (χ2v) is 5.52. The van der Waals surface area contributed by atoms with E-state index in [1.807, 2.05) is 0 Å². The molecule has 2 unspecified atom stereocenters. The smallest absolute Gasteiger partial charge is 0.0150 e. The fourth-order valence-electron chi connectivity index (χ4n) is 2.95. The van der Waals surface area contributed by atoms with Crippen LogP contribution in [0.5, 0.6) is 0 Å². The highest BCUT2D eigenvalue weighted by atomic mass is 15.2. The first-order valence-electron chi connectivity index (χ1n) is 5.88. The summed E-state index contributed by atoms with van der Waals surface area (Å²) in [6, 6.07) is 0. The van der Waals surface area contributed by atoms with Crippen LogP contribution >= 0.6 is 0 Å². The van der Waals surface area contributed by atoms with E-state index in [-0.39, 0.29) is 0 Å². The zero-order valence-electron chi connectivity index (χ0n) is 9.34. The highest BCUT2D eigenvalue weighted by Gasteiger charge is 2.40. The molecule has 0 radical (unpaired) electrons. The van der Waals surface area contributed by atoms with E-state index in [1.54, 1.807) is 0 Å². The lowest BCUT2D eigenvalue weighted by Crippen LogP contribution is -2.42. The molecule has 1 saturated heterocycles. The first-order chi connectivity index (χ1) is 6.13. The van der Waals surface area contributed by atoms with Crippen molar-refractivity contribution in [2.75, 3.05) is 13.1 Å². The van der Waals surface area contributed by atoms with Crippen LogP contribution in [0.1, 0.15) is 46.5 Å². The molecule has 2 rings (SSSR count). The Kier molecular flexibility index (Phi) is 2.39. The molecule has 2 aliphatic rings. The molecule has 1 heterocycles. The maximum Gasteiger partial charge on any atom is 0.0150 e. The van der Waals surface area contributed by atoms with Crippen LogP contribution in [-0.2, 0) is 0 Å². The Morgan fingerprint density at radius 3 is 2.15 bits per heavy atom. The van der Waals surface area contributed by atoms with E-state index in [0.29, 0.717) is 5.54 Å². The molecule has 0 aromatic heterocycles. The number of hydrogen-bond donors (Lipinski definition) is 0. The number of rotatable bonds is 2. The molecule has 76 valence electrons. The number of fused-ring (bicyclic) bond motifs is 1. The van der Waals surface area contributed by atoms with Crippen LogP contribution < -0.4 is 0 Å². The van der Waals surface area contributed by atoms with Gasteiger partial charge in [-0.3, -0.25) is 4.90 Å². The predicted molar refractivity (Wildman–Crippen MR) is 56.8 cm³/mol. The average molecular weight is 181 g/mol. The molecule has 2 fully saturated rings. The summed E-state index contributed by atoms with van der Waals surface area (Å²) in [7, 11) is 0. The van der Waals surface area contributed by atoms with Gasteiger partial charge in [-0.05, 0) is 44.9 Å². The Bertz CT molecular complexity index is 174. The van der Waals surface area contributed by atoms with Gasteiger partial charge in [0.1, 0.15) is 0 Å². The van der Waals surface area contributed by atoms with Gasteiger partial charge in [-0.1, -0.05) is 13.3 Å². The molecule has 0 aromatic carbocycles. The normalized spacial score (nSPS) is 35.3. The third kappa shape index (κ3) is 1.63. The van der Waals surface area contributed by atoms with Crippen molar-refractivity contribution in [3.63, 3.8) is 0 Å². The van der Waals surface area contributed by atoms with Crippen molar-refractivity contribution >= 4 is 0 Å². The highest BCUT2D eigenvalue weighted by Crippen LogP contribution is 2.40. The van der Waals surface area contributed by atoms with Crippen molar-refractivity contribution in [1.82, 2.24) is 4.90 Å². The second kappa shape index (κ2) is 3.27. The third-order valence-corrected chi connectivity index (χ3v) is 4.45. The molecule has 1 nitrogen and oxygen atoms in total. The van der Waals surface area contributed by atoms with Crippen LogP contribution in [0, 0.1) is 11.8 Å². The van der Waals surface area contributed by atoms with Crippen LogP contribution in [0.3, 0.4) is 0 Å². The zero-order chi connectivity index (χ0) is 9.47. The van der Waals surface area contributed by atoms with Crippen molar-refractivity contribution in [3.8, 4) is 0 Å². The zero-order valence-corrected chi connectivity index (χ0v) is 9.34. The van der Waals surface area contributed by atoms with Gasteiger partial charge in [-0.15, -0.1) is 0 Å². The van der Waals surface area contributed by atoms with E-state index < -0.39 is 0 Å². The second-order valence-electron chi connectivity index (χ2n) is 5.52. The van der Waals surface area contributed by atoms with Gasteiger partial charge >= 0.3 is 0 Å². The summed E-state index contributed by atoms with van der Waals surface area (Å²) in [5, 5.41) is 0. The lowest BCUT2D eigenvalue weighted by Gasteiger charge is -2.35. The number of hydrogen-bond acceptors (Lipinski definition) is 1. The molecule has 0 amide bonds. The Morgan fingerprint density at radius 1 is 1.15 bits per heavy atom. The van der Waals surface area contributed by atoms with Gasteiger partial charge in [0, 0.05) is 18.6 Å². The van der Waals surface area contributed by atoms with Crippen molar-refractivity contribution in [1.29, 1.82) is 0 Å². The molecule has 1 saturated carbocycles. The van der Waals surface area contributed by atoms with Crippen molar-refractivity contribution in [3.05, 3.63) is 0 Å². The Balaban J connectivity index is 1.98. The number of likely N-dealkylation sites (tertiary alicyclic amines) is 1. The molecule has 1 aliphatic heterocycles. The van der Waals surface area contributed by atoms with E-state index in [2.05, 4.69) is 25.7 Å². The average Bonchev–Trinajstić information content (AvgIpc) is 2.61. The van der Waals surface area contributed by atoms with Gasteiger partial charge in [0.15, 0.2) is 0 Å². The van der Waals surface area contributed by atoms with Crippen LogP contribution in [-0.4, -0.2) is 23.5 Å². The fourth-order valence-corrected chi connectivity index (χ4v) is 2.95. The van der Waals surface area contributed by atoms with Crippen LogP contribution in [0.25, 0.3) is 0 Å². The molecule has 13 heavy (non-hydrogen) atoms. The standard InChI is InChI=1S/C12H23N/c1-4-12(2,3)13-8-10-6-5-7-11(10)9-13/h10-11H,4-9H2,1-3H3. The molecule has 1 heteroatoms. The van der Waals surface area contributed by atoms with Crippen LogP contribution in [0.2, 0.25) is 0 Å². The molecular formula is C12H23N. The summed E-state index contributed by atoms with van der Waals surface area (Å²) in [6.07, 6.45) is 5.78.